The normalized spacial score (nSPS) is 10.9. The van der Waals surface area contributed by atoms with Gasteiger partial charge in [0.1, 0.15) is 5.76 Å². The fourth-order valence-corrected chi connectivity index (χ4v) is 3.20. The highest BCUT2D eigenvalue weighted by molar-refractivity contribution is 6.34. The van der Waals surface area contributed by atoms with E-state index in [2.05, 4.69) is 5.32 Å². The van der Waals surface area contributed by atoms with E-state index in [1.807, 2.05) is 18.2 Å². The van der Waals surface area contributed by atoms with Crippen molar-refractivity contribution in [3.05, 3.63) is 99.4 Å². The number of carbonyl (C=O) groups is 2. The first-order valence-electron chi connectivity index (χ1n) is 9.21. The van der Waals surface area contributed by atoms with Crippen molar-refractivity contribution in [2.24, 2.45) is 0 Å². The number of amides is 2. The van der Waals surface area contributed by atoms with Gasteiger partial charge in [0.15, 0.2) is 0 Å². The van der Waals surface area contributed by atoms with Crippen molar-refractivity contribution >= 4 is 41.1 Å². The maximum Gasteiger partial charge on any atom is 0.251 e. The van der Waals surface area contributed by atoms with Gasteiger partial charge < -0.3 is 14.6 Å². The van der Waals surface area contributed by atoms with Crippen LogP contribution >= 0.6 is 23.2 Å². The molecule has 0 saturated carbocycles. The highest BCUT2D eigenvalue weighted by Gasteiger charge is 2.14. The fourth-order valence-electron chi connectivity index (χ4n) is 2.84. The molecule has 7 heteroatoms. The van der Waals surface area contributed by atoms with Crippen molar-refractivity contribution in [2.45, 2.75) is 13.1 Å². The molecule has 0 bridgehead atoms. The lowest BCUT2D eigenvalue weighted by molar-refractivity contribution is -0.127. The Hall–Kier alpha value is -3.02. The Morgan fingerprint density at radius 1 is 1.07 bits per heavy atom. The molecule has 154 valence electrons. The lowest BCUT2D eigenvalue weighted by Crippen LogP contribution is -2.28. The molecule has 3 rings (SSSR count). The molecule has 5 nitrogen and oxygen atoms in total. The molecule has 0 aliphatic heterocycles. The lowest BCUT2D eigenvalue weighted by Gasteiger charge is -2.20. The van der Waals surface area contributed by atoms with Crippen LogP contribution in [-0.2, 0) is 17.9 Å². The Bertz CT molecular complexity index is 1040. The Morgan fingerprint density at radius 2 is 1.83 bits per heavy atom. The highest BCUT2D eigenvalue weighted by atomic mass is 35.5. The van der Waals surface area contributed by atoms with Crippen LogP contribution in [-0.4, -0.2) is 23.8 Å². The zero-order chi connectivity index (χ0) is 21.5. The maximum atomic E-state index is 12.9. The molecule has 0 saturated heterocycles. The monoisotopic (exact) mass is 442 g/mol. The number of hydrogen-bond acceptors (Lipinski definition) is 3. The van der Waals surface area contributed by atoms with E-state index < -0.39 is 0 Å². The largest absolute Gasteiger partial charge is 0.467 e. The Balaban J connectivity index is 1.79. The molecule has 1 N–H and O–H groups in total. The SMILES string of the molecule is CNC(=O)c1ccc(CN(Cc2ccco2)C(=O)/C=C/c2cc(Cl)ccc2Cl)cc1. The molecule has 0 atom stereocenters. The molecule has 30 heavy (non-hydrogen) atoms. The van der Waals surface area contributed by atoms with Gasteiger partial charge in [-0.25, -0.2) is 0 Å². The van der Waals surface area contributed by atoms with E-state index in [0.717, 1.165) is 5.56 Å². The topological polar surface area (TPSA) is 62.6 Å². The number of furan rings is 1. The summed E-state index contributed by atoms with van der Waals surface area (Å²) in [6.45, 7) is 0.651. The van der Waals surface area contributed by atoms with E-state index in [-0.39, 0.29) is 11.8 Å². The summed E-state index contributed by atoms with van der Waals surface area (Å²) in [4.78, 5) is 26.3. The van der Waals surface area contributed by atoms with E-state index in [4.69, 9.17) is 27.6 Å². The first-order valence-corrected chi connectivity index (χ1v) is 9.97. The second kappa shape index (κ2) is 10.1. The van der Waals surface area contributed by atoms with Gasteiger partial charge in [0.05, 0.1) is 12.8 Å². The van der Waals surface area contributed by atoms with E-state index >= 15 is 0 Å². The Kier molecular flexibility index (Phi) is 7.33. The minimum Gasteiger partial charge on any atom is -0.467 e. The minimum absolute atomic E-state index is 0.161. The average Bonchev–Trinajstić information content (AvgIpc) is 3.27. The molecule has 3 aromatic rings. The van der Waals surface area contributed by atoms with Gasteiger partial charge in [0.25, 0.3) is 5.91 Å². The summed E-state index contributed by atoms with van der Waals surface area (Å²) in [5.41, 5.74) is 2.10. The number of hydrogen-bond donors (Lipinski definition) is 1. The zero-order valence-corrected chi connectivity index (χ0v) is 17.8. The second-order valence-electron chi connectivity index (χ2n) is 6.55. The standard InChI is InChI=1S/C23H20Cl2N2O3/c1-26-23(29)17-6-4-16(5-7-17)14-27(15-20-3-2-12-30-20)22(28)11-8-18-13-19(24)9-10-21(18)25/h2-13H,14-15H2,1H3,(H,26,29)/b11-8+. The molecular weight excluding hydrogens is 423 g/mol. The third-order valence-electron chi connectivity index (χ3n) is 4.42. The van der Waals surface area contributed by atoms with Crippen LogP contribution in [0.2, 0.25) is 10.0 Å². The predicted molar refractivity (Wildman–Crippen MR) is 118 cm³/mol. The van der Waals surface area contributed by atoms with E-state index in [9.17, 15) is 9.59 Å². The predicted octanol–water partition coefficient (Wildman–Crippen LogP) is 5.19. The maximum absolute atomic E-state index is 12.9. The first kappa shape index (κ1) is 21.7. The van der Waals surface area contributed by atoms with Crippen molar-refractivity contribution in [3.8, 4) is 0 Å². The number of nitrogens with zero attached hydrogens (tertiary/aromatic N) is 1. The van der Waals surface area contributed by atoms with Crippen LogP contribution in [0.15, 0.2) is 71.4 Å². The second-order valence-corrected chi connectivity index (χ2v) is 7.39. The van der Waals surface area contributed by atoms with Gasteiger partial charge in [-0.15, -0.1) is 0 Å². The summed E-state index contributed by atoms with van der Waals surface area (Å²) in [5.74, 6) is 0.295. The van der Waals surface area contributed by atoms with Crippen molar-refractivity contribution in [2.75, 3.05) is 7.05 Å². The Labute approximate surface area is 184 Å². The van der Waals surface area contributed by atoms with Crippen molar-refractivity contribution in [3.63, 3.8) is 0 Å². The number of nitrogens with one attached hydrogen (secondary N) is 1. The smallest absolute Gasteiger partial charge is 0.251 e. The fraction of sp³-hybridized carbons (Fsp3) is 0.130. The van der Waals surface area contributed by atoms with Crippen molar-refractivity contribution < 1.29 is 14.0 Å². The molecule has 0 radical (unpaired) electrons. The molecule has 0 unspecified atom stereocenters. The van der Waals surface area contributed by atoms with E-state index in [1.54, 1.807) is 60.7 Å². The lowest BCUT2D eigenvalue weighted by atomic mass is 10.1. The molecule has 0 aliphatic rings. The van der Waals surface area contributed by atoms with Crippen LogP contribution in [0.4, 0.5) is 0 Å². The van der Waals surface area contributed by atoms with Gasteiger partial charge in [0.2, 0.25) is 5.91 Å². The van der Waals surface area contributed by atoms with Crippen LogP contribution < -0.4 is 5.32 Å². The first-order chi connectivity index (χ1) is 14.5. The number of halogens is 2. The highest BCUT2D eigenvalue weighted by Crippen LogP contribution is 2.22. The molecule has 0 fully saturated rings. The quantitative estimate of drug-likeness (QED) is 0.512. The summed E-state index contributed by atoms with van der Waals surface area (Å²) in [5, 5.41) is 3.63. The Morgan fingerprint density at radius 3 is 2.50 bits per heavy atom. The van der Waals surface area contributed by atoms with Crippen LogP contribution in [0.3, 0.4) is 0 Å². The van der Waals surface area contributed by atoms with Crippen LogP contribution in [0, 0.1) is 0 Å². The molecule has 2 amide bonds. The van der Waals surface area contributed by atoms with Gasteiger partial charge in [-0.2, -0.15) is 0 Å². The molecule has 1 heterocycles. The van der Waals surface area contributed by atoms with Gasteiger partial charge in [-0.3, -0.25) is 9.59 Å². The number of benzene rings is 2. The summed E-state index contributed by atoms with van der Waals surface area (Å²) in [6, 6.07) is 15.8. The minimum atomic E-state index is -0.210. The third kappa shape index (κ3) is 5.75. The van der Waals surface area contributed by atoms with Gasteiger partial charge >= 0.3 is 0 Å². The molecular formula is C23H20Cl2N2O3. The molecule has 2 aromatic carbocycles. The number of rotatable bonds is 7. The molecule has 0 aliphatic carbocycles. The summed E-state index contributed by atoms with van der Waals surface area (Å²) in [7, 11) is 1.58. The van der Waals surface area contributed by atoms with E-state index in [0.29, 0.717) is 40.0 Å². The molecule has 0 spiro atoms. The van der Waals surface area contributed by atoms with E-state index in [1.165, 1.54) is 6.08 Å². The summed E-state index contributed by atoms with van der Waals surface area (Å²) < 4.78 is 5.41. The van der Waals surface area contributed by atoms with Crippen molar-refractivity contribution in [1.29, 1.82) is 0 Å². The average molecular weight is 443 g/mol. The molecule has 1 aromatic heterocycles. The van der Waals surface area contributed by atoms with Gasteiger partial charge in [0, 0.05) is 35.3 Å². The third-order valence-corrected chi connectivity index (χ3v) is 5.00. The van der Waals surface area contributed by atoms with Crippen LogP contribution in [0.25, 0.3) is 6.08 Å². The number of carbonyl (C=O) groups excluding carboxylic acids is 2. The van der Waals surface area contributed by atoms with Gasteiger partial charge in [-0.05, 0) is 59.7 Å². The summed E-state index contributed by atoms with van der Waals surface area (Å²) >= 11 is 12.2. The zero-order valence-electron chi connectivity index (χ0n) is 16.3. The van der Waals surface area contributed by atoms with Crippen molar-refractivity contribution in [1.82, 2.24) is 10.2 Å². The summed E-state index contributed by atoms with van der Waals surface area (Å²) in [6.07, 6.45) is 4.66. The van der Waals surface area contributed by atoms with Crippen LogP contribution in [0.1, 0.15) is 27.2 Å². The van der Waals surface area contributed by atoms with Gasteiger partial charge in [-0.1, -0.05) is 35.3 Å². The van der Waals surface area contributed by atoms with Crippen LogP contribution in [0.5, 0.6) is 0 Å².